The molecule has 236 valence electrons. The number of halogens is 3. The van der Waals surface area contributed by atoms with E-state index in [-0.39, 0.29) is 41.1 Å². The fraction of sp³-hybridized carbons (Fsp3) is 0.188. The highest BCUT2D eigenvalue weighted by molar-refractivity contribution is 6.31. The lowest BCUT2D eigenvalue weighted by atomic mass is 10.0. The van der Waals surface area contributed by atoms with Crippen molar-refractivity contribution in [2.45, 2.75) is 32.2 Å². The van der Waals surface area contributed by atoms with Crippen molar-refractivity contribution in [3.8, 4) is 11.3 Å². The molecule has 4 N–H and O–H groups in total. The molecule has 4 aromatic rings. The van der Waals surface area contributed by atoms with E-state index in [1.54, 1.807) is 12.1 Å². The third-order valence-corrected chi connectivity index (χ3v) is 7.44. The van der Waals surface area contributed by atoms with Crippen LogP contribution in [0.15, 0.2) is 54.7 Å². The first-order valence-electron chi connectivity index (χ1n) is 14.0. The number of H-pyrrole nitrogens is 1. The molecule has 3 amide bonds. The van der Waals surface area contributed by atoms with Gasteiger partial charge in [0, 0.05) is 53.4 Å². The third-order valence-electron chi connectivity index (χ3n) is 7.15. The van der Waals surface area contributed by atoms with Gasteiger partial charge in [-0.15, -0.1) is 0 Å². The van der Waals surface area contributed by atoms with Gasteiger partial charge < -0.3 is 20.4 Å². The number of amides is 3. The van der Waals surface area contributed by atoms with Crippen LogP contribution in [0.3, 0.4) is 0 Å². The number of hydrogen-bond acceptors (Lipinski definition) is 7. The summed E-state index contributed by atoms with van der Waals surface area (Å²) in [5.74, 6) is -2.61. The molecule has 5 rings (SSSR count). The molecular weight excluding hydrogens is 622 g/mol. The summed E-state index contributed by atoms with van der Waals surface area (Å²) in [6, 6.07) is 9.30. The highest BCUT2D eigenvalue weighted by atomic mass is 35.5. The number of carbonyl (C=O) groups is 4. The maximum Gasteiger partial charge on any atom is 0.411 e. The summed E-state index contributed by atoms with van der Waals surface area (Å²) in [5.41, 5.74) is 2.05. The summed E-state index contributed by atoms with van der Waals surface area (Å²) >= 11 is 5.91. The fourth-order valence-electron chi connectivity index (χ4n) is 4.88. The van der Waals surface area contributed by atoms with Crippen molar-refractivity contribution in [2.24, 2.45) is 0 Å². The van der Waals surface area contributed by atoms with Gasteiger partial charge in [-0.05, 0) is 55.5 Å². The second-order valence-electron chi connectivity index (χ2n) is 10.3. The number of carbonyl (C=O) groups excluding carboxylic acids is 4. The van der Waals surface area contributed by atoms with Crippen molar-refractivity contribution in [2.75, 3.05) is 17.7 Å². The van der Waals surface area contributed by atoms with E-state index in [0.717, 1.165) is 12.2 Å². The topological polar surface area (TPSA) is 155 Å². The standard InChI is InChI=1S/C32H27ClF2N6O5/c1-16(42)19-6-8-22(33)30(35)20(19)7-11-28(43)40-26-14-17-4-9-23(34)24(37-17)10-12-29(44)39-25-13-18(38-32(45)46-2)3-5-21(25)27-15-36-31(26)41-27/h3-9,11,13,15,26H,10,12,14H2,1-2H3,(H,36,41)(H,38,45)(H,39,44)(H,40,43). The van der Waals surface area contributed by atoms with Gasteiger partial charge in [-0.1, -0.05) is 11.6 Å². The van der Waals surface area contributed by atoms with E-state index in [1.807, 2.05) is 0 Å². The van der Waals surface area contributed by atoms with Crippen LogP contribution in [0.4, 0.5) is 25.0 Å². The number of methoxy groups -OCH3 is 1. The smallest absolute Gasteiger partial charge is 0.411 e. The molecule has 1 aliphatic heterocycles. The van der Waals surface area contributed by atoms with Crippen LogP contribution >= 0.6 is 11.6 Å². The lowest BCUT2D eigenvalue weighted by Gasteiger charge is -2.17. The second kappa shape index (κ2) is 13.7. The van der Waals surface area contributed by atoms with Crippen molar-refractivity contribution in [3.63, 3.8) is 0 Å². The van der Waals surface area contributed by atoms with Crippen molar-refractivity contribution >= 4 is 52.7 Å². The number of fused-ring (bicyclic) bond motifs is 6. The molecule has 3 heterocycles. The van der Waals surface area contributed by atoms with Gasteiger partial charge in [0.25, 0.3) is 0 Å². The summed E-state index contributed by atoms with van der Waals surface area (Å²) in [7, 11) is 1.22. The number of rotatable bonds is 5. The second-order valence-corrected chi connectivity index (χ2v) is 10.7. The Labute approximate surface area is 266 Å². The van der Waals surface area contributed by atoms with Crippen LogP contribution in [0, 0.1) is 11.6 Å². The molecule has 2 aromatic heterocycles. The number of ether oxygens (including phenoxy) is 1. The third kappa shape index (κ3) is 7.26. The number of pyridine rings is 1. The number of aromatic nitrogens is 3. The van der Waals surface area contributed by atoms with Gasteiger partial charge in [-0.25, -0.2) is 18.6 Å². The highest BCUT2D eigenvalue weighted by Gasteiger charge is 2.23. The predicted molar refractivity (Wildman–Crippen MR) is 166 cm³/mol. The average Bonchev–Trinajstić information content (AvgIpc) is 3.51. The summed E-state index contributed by atoms with van der Waals surface area (Å²) in [5, 5.41) is 7.94. The molecule has 11 nitrogen and oxygen atoms in total. The molecule has 0 saturated carbocycles. The van der Waals surface area contributed by atoms with Crippen LogP contribution in [0.25, 0.3) is 17.3 Å². The predicted octanol–water partition coefficient (Wildman–Crippen LogP) is 5.78. The average molecular weight is 649 g/mol. The van der Waals surface area contributed by atoms with Crippen molar-refractivity contribution < 1.29 is 32.7 Å². The van der Waals surface area contributed by atoms with Gasteiger partial charge in [0.1, 0.15) is 17.5 Å². The van der Waals surface area contributed by atoms with E-state index >= 15 is 0 Å². The molecule has 1 aliphatic rings. The van der Waals surface area contributed by atoms with E-state index < -0.39 is 41.4 Å². The first-order valence-corrected chi connectivity index (χ1v) is 14.4. The lowest BCUT2D eigenvalue weighted by molar-refractivity contribution is -0.117. The Balaban J connectivity index is 1.52. The zero-order valence-electron chi connectivity index (χ0n) is 24.5. The van der Waals surface area contributed by atoms with Gasteiger partial charge >= 0.3 is 6.09 Å². The number of anilines is 2. The Morgan fingerprint density at radius 2 is 1.91 bits per heavy atom. The SMILES string of the molecule is COC(=O)Nc1ccc2c(c1)NC(=O)CCc1nc(ccc1F)CC(NC(=O)C=Cc1c(C(C)=O)ccc(Cl)c1F)c1ncc-2[nH]1. The van der Waals surface area contributed by atoms with E-state index in [9.17, 15) is 28.0 Å². The molecule has 0 fully saturated rings. The number of aromatic amines is 1. The zero-order valence-corrected chi connectivity index (χ0v) is 25.3. The largest absolute Gasteiger partial charge is 0.453 e. The maximum absolute atomic E-state index is 14.8. The van der Waals surface area contributed by atoms with E-state index in [0.29, 0.717) is 34.2 Å². The number of imidazole rings is 1. The van der Waals surface area contributed by atoms with Gasteiger partial charge in [0.05, 0.1) is 41.4 Å². The first kappa shape index (κ1) is 32.0. The molecule has 14 heteroatoms. The Kier molecular flexibility index (Phi) is 9.52. The molecule has 0 aliphatic carbocycles. The number of nitrogens with one attached hydrogen (secondary N) is 4. The molecule has 1 atom stereocenters. The summed E-state index contributed by atoms with van der Waals surface area (Å²) in [6.45, 7) is 1.27. The Bertz CT molecular complexity index is 1890. The minimum Gasteiger partial charge on any atom is -0.453 e. The number of nitrogens with zero attached hydrogens (tertiary/aromatic N) is 2. The van der Waals surface area contributed by atoms with Gasteiger partial charge in [-0.3, -0.25) is 24.7 Å². The van der Waals surface area contributed by atoms with Crippen molar-refractivity contribution in [1.29, 1.82) is 0 Å². The maximum atomic E-state index is 14.8. The minimum atomic E-state index is -0.842. The molecule has 2 aromatic carbocycles. The van der Waals surface area contributed by atoms with Crippen LogP contribution in [0.5, 0.6) is 0 Å². The van der Waals surface area contributed by atoms with E-state index in [2.05, 4.69) is 35.6 Å². The van der Waals surface area contributed by atoms with Crippen LogP contribution in [-0.4, -0.2) is 45.8 Å². The number of ketones is 1. The lowest BCUT2D eigenvalue weighted by Crippen LogP contribution is -2.29. The van der Waals surface area contributed by atoms with Gasteiger partial charge in [-0.2, -0.15) is 0 Å². The normalized spacial score (nSPS) is 14.5. The van der Waals surface area contributed by atoms with Crippen LogP contribution in [0.1, 0.15) is 52.5 Å². The Morgan fingerprint density at radius 3 is 2.67 bits per heavy atom. The van der Waals surface area contributed by atoms with Crippen LogP contribution in [-0.2, 0) is 27.2 Å². The first-order chi connectivity index (χ1) is 22.0. The quantitative estimate of drug-likeness (QED) is 0.158. The molecule has 0 radical (unpaired) electrons. The van der Waals surface area contributed by atoms with Crippen molar-refractivity contribution in [3.05, 3.63) is 99.7 Å². The number of hydrogen-bond donors (Lipinski definition) is 4. The minimum absolute atomic E-state index is 0.00766. The number of aryl methyl sites for hydroxylation is 1. The molecule has 46 heavy (non-hydrogen) atoms. The Morgan fingerprint density at radius 1 is 1.11 bits per heavy atom. The fourth-order valence-corrected chi connectivity index (χ4v) is 5.05. The van der Waals surface area contributed by atoms with Crippen LogP contribution < -0.4 is 16.0 Å². The molecule has 0 saturated heterocycles. The molecule has 0 spiro atoms. The highest BCUT2D eigenvalue weighted by Crippen LogP contribution is 2.32. The summed E-state index contributed by atoms with van der Waals surface area (Å²) in [4.78, 5) is 61.9. The van der Waals surface area contributed by atoms with Crippen molar-refractivity contribution in [1.82, 2.24) is 20.3 Å². The number of Topliss-reactive ketones (excluding diaryl/α,β-unsaturated/α-hetero) is 1. The molecule has 4 bridgehead atoms. The summed E-state index contributed by atoms with van der Waals surface area (Å²) < 4.78 is 34.1. The van der Waals surface area contributed by atoms with Gasteiger partial charge in [0.15, 0.2) is 5.78 Å². The van der Waals surface area contributed by atoms with Gasteiger partial charge in [0.2, 0.25) is 11.8 Å². The zero-order chi connectivity index (χ0) is 33.0. The Hall–Kier alpha value is -5.43. The van der Waals surface area contributed by atoms with E-state index in [4.69, 9.17) is 11.6 Å². The molecular formula is C32H27ClF2N6O5. The van der Waals surface area contributed by atoms with E-state index in [1.165, 1.54) is 50.6 Å². The number of benzene rings is 2. The monoisotopic (exact) mass is 648 g/mol. The molecule has 1 unspecified atom stereocenters. The summed E-state index contributed by atoms with van der Waals surface area (Å²) in [6.07, 6.45) is 3.00. The van der Waals surface area contributed by atoms with Crippen LogP contribution in [0.2, 0.25) is 5.02 Å².